The zero-order chi connectivity index (χ0) is 17.5. The fourth-order valence-corrected chi connectivity index (χ4v) is 2.58. The molecule has 24 heavy (non-hydrogen) atoms. The van der Waals surface area contributed by atoms with Crippen LogP contribution in [-0.4, -0.2) is 33.7 Å². The van der Waals surface area contributed by atoms with Crippen LogP contribution in [0.1, 0.15) is 11.1 Å². The van der Waals surface area contributed by atoms with Crippen LogP contribution in [0, 0.1) is 6.92 Å². The second kappa shape index (κ2) is 8.36. The van der Waals surface area contributed by atoms with E-state index in [1.165, 1.54) is 11.1 Å². The number of anilines is 1. The third-order valence-electron chi connectivity index (χ3n) is 3.90. The van der Waals surface area contributed by atoms with Crippen molar-refractivity contribution >= 4 is 11.6 Å². The molecule has 0 saturated carbocycles. The lowest BCUT2D eigenvalue weighted by molar-refractivity contribution is -0.885. The molecule has 5 nitrogen and oxygen atoms in total. The van der Waals surface area contributed by atoms with Crippen LogP contribution in [0.25, 0.3) is 0 Å². The summed E-state index contributed by atoms with van der Waals surface area (Å²) in [6.45, 7) is 3.26. The molecule has 0 heterocycles. The molecule has 128 valence electrons. The van der Waals surface area contributed by atoms with Gasteiger partial charge in [0.1, 0.15) is 18.0 Å². The van der Waals surface area contributed by atoms with Gasteiger partial charge in [-0.15, -0.1) is 0 Å². The number of nitrogens with one attached hydrogen (secondary N) is 2. The molecule has 0 aliphatic rings. The Kier molecular flexibility index (Phi) is 6.21. The largest absolute Gasteiger partial charge is 0.497 e. The number of ether oxygens (including phenoxy) is 2. The van der Waals surface area contributed by atoms with Crippen LogP contribution < -0.4 is 19.7 Å². The highest BCUT2D eigenvalue weighted by atomic mass is 16.5. The third-order valence-corrected chi connectivity index (χ3v) is 3.90. The normalized spacial score (nSPS) is 11.7. The number of amides is 1. The predicted molar refractivity (Wildman–Crippen MR) is 94.8 cm³/mol. The summed E-state index contributed by atoms with van der Waals surface area (Å²) in [6.07, 6.45) is 0. The summed E-state index contributed by atoms with van der Waals surface area (Å²) >= 11 is 0. The highest BCUT2D eigenvalue weighted by Gasteiger charge is 2.14. The Hall–Kier alpha value is -2.53. The molecule has 1 atom stereocenters. The monoisotopic (exact) mass is 329 g/mol. The van der Waals surface area contributed by atoms with Crippen molar-refractivity contribution in [3.05, 3.63) is 53.6 Å². The van der Waals surface area contributed by atoms with Crippen molar-refractivity contribution in [2.75, 3.05) is 33.1 Å². The number of quaternary nitrogens is 1. The Bertz CT molecular complexity index is 701. The van der Waals surface area contributed by atoms with Gasteiger partial charge in [0.25, 0.3) is 5.91 Å². The van der Waals surface area contributed by atoms with Crippen molar-refractivity contribution in [2.45, 2.75) is 13.5 Å². The third kappa shape index (κ3) is 4.73. The second-order valence-corrected chi connectivity index (χ2v) is 5.85. The molecular weight excluding hydrogens is 304 g/mol. The summed E-state index contributed by atoms with van der Waals surface area (Å²) < 4.78 is 10.5. The molecule has 5 heteroatoms. The fourth-order valence-electron chi connectivity index (χ4n) is 2.58. The predicted octanol–water partition coefficient (Wildman–Crippen LogP) is 1.67. The minimum Gasteiger partial charge on any atom is -0.497 e. The van der Waals surface area contributed by atoms with Crippen LogP contribution in [0.3, 0.4) is 0 Å². The second-order valence-electron chi connectivity index (χ2n) is 5.85. The molecule has 2 aromatic rings. The van der Waals surface area contributed by atoms with Gasteiger partial charge in [0, 0.05) is 11.6 Å². The van der Waals surface area contributed by atoms with Crippen molar-refractivity contribution in [3.8, 4) is 11.5 Å². The molecule has 0 fully saturated rings. The number of hydrogen-bond acceptors (Lipinski definition) is 3. The van der Waals surface area contributed by atoms with Gasteiger partial charge in [-0.05, 0) is 24.6 Å². The summed E-state index contributed by atoms with van der Waals surface area (Å²) in [5.41, 5.74) is 3.11. The average Bonchev–Trinajstić information content (AvgIpc) is 2.56. The van der Waals surface area contributed by atoms with E-state index in [9.17, 15) is 4.79 Å². The van der Waals surface area contributed by atoms with Gasteiger partial charge in [-0.2, -0.15) is 0 Å². The van der Waals surface area contributed by atoms with E-state index < -0.39 is 0 Å². The molecule has 0 aliphatic heterocycles. The summed E-state index contributed by atoms with van der Waals surface area (Å²) in [4.78, 5) is 13.5. The standard InChI is InChI=1S/C19H24N2O3/c1-14-7-5-6-8-15(14)12-21(2)13-19(22)20-17-11-16(23-3)9-10-18(17)24-4/h5-11H,12-13H2,1-4H3,(H,20,22)/p+1. The first-order valence-corrected chi connectivity index (χ1v) is 7.91. The lowest BCUT2D eigenvalue weighted by Crippen LogP contribution is -3.08. The van der Waals surface area contributed by atoms with Crippen molar-refractivity contribution in [2.24, 2.45) is 0 Å². The molecule has 0 saturated heterocycles. The van der Waals surface area contributed by atoms with Crippen LogP contribution in [0.4, 0.5) is 5.69 Å². The Balaban J connectivity index is 1.99. The number of likely N-dealkylation sites (N-methyl/N-ethyl adjacent to an activating group) is 1. The smallest absolute Gasteiger partial charge is 0.279 e. The van der Waals surface area contributed by atoms with Gasteiger partial charge in [-0.1, -0.05) is 24.3 Å². The van der Waals surface area contributed by atoms with E-state index in [4.69, 9.17) is 9.47 Å². The number of carbonyl (C=O) groups is 1. The lowest BCUT2D eigenvalue weighted by Gasteiger charge is -2.16. The lowest BCUT2D eigenvalue weighted by atomic mass is 10.1. The van der Waals surface area contributed by atoms with Crippen molar-refractivity contribution in [3.63, 3.8) is 0 Å². The molecule has 0 aromatic heterocycles. The van der Waals surface area contributed by atoms with Gasteiger partial charge < -0.3 is 19.7 Å². The number of hydrogen-bond donors (Lipinski definition) is 2. The van der Waals surface area contributed by atoms with E-state index in [-0.39, 0.29) is 5.91 Å². The number of rotatable bonds is 7. The Morgan fingerprint density at radius 2 is 1.88 bits per heavy atom. The molecule has 0 radical (unpaired) electrons. The number of aryl methyl sites for hydroxylation is 1. The van der Waals surface area contributed by atoms with Crippen LogP contribution >= 0.6 is 0 Å². The summed E-state index contributed by atoms with van der Waals surface area (Å²) in [5, 5.41) is 2.90. The van der Waals surface area contributed by atoms with Gasteiger partial charge in [0.05, 0.1) is 27.0 Å². The Labute approximate surface area is 143 Å². The van der Waals surface area contributed by atoms with Crippen LogP contribution in [0.5, 0.6) is 11.5 Å². The van der Waals surface area contributed by atoms with E-state index >= 15 is 0 Å². The maximum absolute atomic E-state index is 12.3. The van der Waals surface area contributed by atoms with Crippen molar-refractivity contribution in [1.82, 2.24) is 0 Å². The van der Waals surface area contributed by atoms with E-state index in [0.29, 0.717) is 23.7 Å². The van der Waals surface area contributed by atoms with Gasteiger partial charge in [-0.3, -0.25) is 4.79 Å². The molecule has 2 rings (SSSR count). The highest BCUT2D eigenvalue weighted by Crippen LogP contribution is 2.28. The first kappa shape index (κ1) is 17.8. The van der Waals surface area contributed by atoms with Gasteiger partial charge in [-0.25, -0.2) is 0 Å². The van der Waals surface area contributed by atoms with Crippen LogP contribution in [0.2, 0.25) is 0 Å². The van der Waals surface area contributed by atoms with Gasteiger partial charge in [0.15, 0.2) is 6.54 Å². The number of carbonyl (C=O) groups excluding carboxylic acids is 1. The van der Waals surface area contributed by atoms with E-state index in [2.05, 4.69) is 24.4 Å². The van der Waals surface area contributed by atoms with E-state index in [1.807, 2.05) is 19.2 Å². The van der Waals surface area contributed by atoms with Gasteiger partial charge >= 0.3 is 0 Å². The molecule has 0 bridgehead atoms. The number of methoxy groups -OCH3 is 2. The molecule has 1 amide bonds. The van der Waals surface area contributed by atoms with Gasteiger partial charge in [0.2, 0.25) is 0 Å². The maximum atomic E-state index is 12.3. The topological polar surface area (TPSA) is 52.0 Å². The Morgan fingerprint density at radius 3 is 2.54 bits per heavy atom. The molecular formula is C19H25N2O3+. The fraction of sp³-hybridized carbons (Fsp3) is 0.316. The molecule has 0 spiro atoms. The average molecular weight is 329 g/mol. The maximum Gasteiger partial charge on any atom is 0.279 e. The molecule has 1 unspecified atom stereocenters. The molecule has 2 N–H and O–H groups in total. The minimum absolute atomic E-state index is 0.0624. The van der Waals surface area contributed by atoms with Crippen molar-refractivity contribution < 1.29 is 19.2 Å². The van der Waals surface area contributed by atoms with Crippen LogP contribution in [-0.2, 0) is 11.3 Å². The quantitative estimate of drug-likeness (QED) is 0.812. The molecule has 2 aromatic carbocycles. The summed E-state index contributed by atoms with van der Waals surface area (Å²) in [7, 11) is 5.18. The first-order valence-electron chi connectivity index (χ1n) is 7.91. The Morgan fingerprint density at radius 1 is 1.12 bits per heavy atom. The SMILES string of the molecule is COc1ccc(OC)c(NC(=O)C[NH+](C)Cc2ccccc2C)c1. The zero-order valence-electron chi connectivity index (χ0n) is 14.7. The van der Waals surface area contributed by atoms with E-state index in [1.54, 1.807) is 32.4 Å². The number of benzene rings is 2. The summed E-state index contributed by atoms with van der Waals surface area (Å²) in [6, 6.07) is 13.6. The van der Waals surface area contributed by atoms with Crippen LogP contribution in [0.15, 0.2) is 42.5 Å². The highest BCUT2D eigenvalue weighted by molar-refractivity contribution is 5.93. The zero-order valence-corrected chi connectivity index (χ0v) is 14.7. The van der Waals surface area contributed by atoms with E-state index in [0.717, 1.165) is 11.4 Å². The summed E-state index contributed by atoms with van der Waals surface area (Å²) in [5.74, 6) is 1.22. The molecule has 0 aliphatic carbocycles. The van der Waals surface area contributed by atoms with Crippen molar-refractivity contribution in [1.29, 1.82) is 0 Å². The minimum atomic E-state index is -0.0624. The first-order chi connectivity index (χ1) is 11.5.